The number of nitrogen functional groups attached to an aromatic ring is 1. The van der Waals surface area contributed by atoms with Crippen LogP contribution < -0.4 is 11.5 Å². The van der Waals surface area contributed by atoms with Gasteiger partial charge in [0.25, 0.3) is 0 Å². The molecule has 4 N–H and O–H groups in total. The third-order valence-electron chi connectivity index (χ3n) is 3.67. The molecule has 0 saturated heterocycles. The molecular weight excluding hydrogens is 238 g/mol. The molecule has 17 heavy (non-hydrogen) atoms. The van der Waals surface area contributed by atoms with Gasteiger partial charge in [0, 0.05) is 18.9 Å². The monoisotopic (exact) mass is 255 g/mol. The van der Waals surface area contributed by atoms with Crippen LogP contribution in [0.15, 0.2) is 12.3 Å². The van der Waals surface area contributed by atoms with E-state index in [4.69, 9.17) is 27.8 Å². The van der Waals surface area contributed by atoms with Gasteiger partial charge in [0.05, 0.1) is 16.7 Å². The minimum atomic E-state index is -0.319. The number of hydrogen-bond acceptors (Lipinski definition) is 4. The first kappa shape index (κ1) is 12.6. The molecule has 4 nitrogen and oxygen atoms in total. The maximum absolute atomic E-state index is 6.31. The lowest BCUT2D eigenvalue weighted by molar-refractivity contribution is -0.0263. The van der Waals surface area contributed by atoms with E-state index in [1.54, 1.807) is 13.2 Å². The second-order valence-electron chi connectivity index (χ2n) is 4.58. The van der Waals surface area contributed by atoms with Gasteiger partial charge in [0.15, 0.2) is 0 Å². The molecule has 1 aromatic rings. The largest absolute Gasteiger partial charge is 0.383 e. The number of anilines is 1. The van der Waals surface area contributed by atoms with Crippen molar-refractivity contribution in [3.8, 4) is 0 Å². The van der Waals surface area contributed by atoms with E-state index in [0.29, 0.717) is 10.8 Å². The van der Waals surface area contributed by atoms with E-state index in [-0.39, 0.29) is 11.6 Å². The second kappa shape index (κ2) is 4.80. The van der Waals surface area contributed by atoms with Gasteiger partial charge in [-0.3, -0.25) is 0 Å². The Hall–Kier alpha value is -0.840. The molecule has 1 heterocycles. The van der Waals surface area contributed by atoms with Gasteiger partial charge in [0.2, 0.25) is 0 Å². The van der Waals surface area contributed by atoms with Crippen LogP contribution >= 0.6 is 11.6 Å². The van der Waals surface area contributed by atoms with Gasteiger partial charge in [-0.2, -0.15) is 0 Å². The number of aromatic nitrogens is 1. The van der Waals surface area contributed by atoms with Gasteiger partial charge >= 0.3 is 0 Å². The number of rotatable bonds is 3. The van der Waals surface area contributed by atoms with Crippen molar-refractivity contribution in [2.75, 3.05) is 12.8 Å². The molecular formula is C12H18ClN3O. The third kappa shape index (κ3) is 2.25. The minimum Gasteiger partial charge on any atom is -0.383 e. The number of hydrogen-bond donors (Lipinski definition) is 2. The topological polar surface area (TPSA) is 74.2 Å². The van der Waals surface area contributed by atoms with Gasteiger partial charge in [-0.15, -0.1) is 0 Å². The van der Waals surface area contributed by atoms with Crippen LogP contribution in [0.1, 0.15) is 37.3 Å². The number of ether oxygens (including phenoxy) is 1. The van der Waals surface area contributed by atoms with Crippen LogP contribution in [0.25, 0.3) is 0 Å². The van der Waals surface area contributed by atoms with Crippen molar-refractivity contribution in [3.63, 3.8) is 0 Å². The summed E-state index contributed by atoms with van der Waals surface area (Å²) in [6, 6.07) is 1.51. The molecule has 0 radical (unpaired) electrons. The number of halogens is 1. The second-order valence-corrected chi connectivity index (χ2v) is 5.02. The van der Waals surface area contributed by atoms with Crippen LogP contribution in [0.5, 0.6) is 0 Å². The van der Waals surface area contributed by atoms with E-state index < -0.39 is 0 Å². The summed E-state index contributed by atoms with van der Waals surface area (Å²) in [6.45, 7) is 0. The van der Waals surface area contributed by atoms with Gasteiger partial charge in [-0.05, 0) is 18.9 Å². The van der Waals surface area contributed by atoms with Gasteiger partial charge in [0.1, 0.15) is 5.82 Å². The highest BCUT2D eigenvalue weighted by molar-refractivity contribution is 6.30. The third-order valence-corrected chi connectivity index (χ3v) is 3.88. The lowest BCUT2D eigenvalue weighted by Gasteiger charge is -2.34. The fourth-order valence-electron chi connectivity index (χ4n) is 2.61. The van der Waals surface area contributed by atoms with Gasteiger partial charge in [-0.25, -0.2) is 4.98 Å². The molecule has 5 heteroatoms. The smallest absolute Gasteiger partial charge is 0.128 e. The number of nitrogens with zero attached hydrogens (tertiary/aromatic N) is 1. The van der Waals surface area contributed by atoms with Crippen molar-refractivity contribution in [1.82, 2.24) is 4.98 Å². The zero-order chi connectivity index (χ0) is 12.5. The number of pyridine rings is 1. The van der Waals surface area contributed by atoms with Crippen molar-refractivity contribution in [3.05, 3.63) is 22.8 Å². The summed E-state index contributed by atoms with van der Waals surface area (Å²) in [4.78, 5) is 4.05. The molecule has 0 aromatic carbocycles. The summed E-state index contributed by atoms with van der Waals surface area (Å²) < 4.78 is 5.66. The molecule has 1 atom stereocenters. The quantitative estimate of drug-likeness (QED) is 0.869. The van der Waals surface area contributed by atoms with Crippen LogP contribution in [-0.4, -0.2) is 17.7 Å². The highest BCUT2D eigenvalue weighted by Crippen LogP contribution is 2.42. The van der Waals surface area contributed by atoms with E-state index in [1.165, 1.54) is 6.20 Å². The SMILES string of the molecule is COC1(C(N)c2cc(Cl)cnc2N)CCCC1. The molecule has 0 amide bonds. The Balaban J connectivity index is 2.35. The predicted molar refractivity (Wildman–Crippen MR) is 68.8 cm³/mol. The summed E-state index contributed by atoms with van der Waals surface area (Å²) in [5.41, 5.74) is 12.6. The molecule has 2 rings (SSSR count). The molecule has 1 aliphatic carbocycles. The van der Waals surface area contributed by atoms with Crippen LogP contribution in [0, 0.1) is 0 Å². The van der Waals surface area contributed by atoms with Gasteiger partial charge in [-0.1, -0.05) is 24.4 Å². The highest BCUT2D eigenvalue weighted by atomic mass is 35.5. The van der Waals surface area contributed by atoms with Gasteiger partial charge < -0.3 is 16.2 Å². The standard InChI is InChI=1S/C12H18ClN3O/c1-17-12(4-2-3-5-12)10(14)9-6-8(13)7-16-11(9)15/h6-7,10H,2-5,14H2,1H3,(H2,15,16). The molecule has 0 aliphatic heterocycles. The Kier molecular flexibility index (Phi) is 3.56. The Morgan fingerprint density at radius 1 is 1.47 bits per heavy atom. The molecule has 0 spiro atoms. The lowest BCUT2D eigenvalue weighted by Crippen LogP contribution is -2.41. The van der Waals surface area contributed by atoms with E-state index in [2.05, 4.69) is 4.98 Å². The first-order chi connectivity index (χ1) is 8.09. The summed E-state index contributed by atoms with van der Waals surface area (Å²) in [6.07, 6.45) is 5.71. The minimum absolute atomic E-state index is 0.277. The van der Waals surface area contributed by atoms with Crippen molar-refractivity contribution in [2.24, 2.45) is 5.73 Å². The summed E-state index contributed by atoms with van der Waals surface area (Å²) in [7, 11) is 1.71. The molecule has 0 bridgehead atoms. The summed E-state index contributed by atoms with van der Waals surface area (Å²) in [5, 5.41) is 0.550. The number of methoxy groups -OCH3 is 1. The predicted octanol–water partition coefficient (Wildman–Crippen LogP) is 2.28. The Morgan fingerprint density at radius 2 is 2.12 bits per heavy atom. The normalized spacial score (nSPS) is 20.4. The average Bonchev–Trinajstić information content (AvgIpc) is 2.81. The molecule has 1 saturated carbocycles. The van der Waals surface area contributed by atoms with Crippen LogP contribution in [0.2, 0.25) is 5.02 Å². The Morgan fingerprint density at radius 3 is 2.71 bits per heavy atom. The Bertz CT molecular complexity index is 405. The molecule has 94 valence electrons. The van der Waals surface area contributed by atoms with Crippen LogP contribution in [0.3, 0.4) is 0 Å². The zero-order valence-electron chi connectivity index (χ0n) is 9.95. The Labute approximate surface area is 106 Å². The van der Waals surface area contributed by atoms with Crippen molar-refractivity contribution in [1.29, 1.82) is 0 Å². The van der Waals surface area contributed by atoms with E-state index in [9.17, 15) is 0 Å². The van der Waals surface area contributed by atoms with E-state index >= 15 is 0 Å². The number of nitrogens with two attached hydrogens (primary N) is 2. The van der Waals surface area contributed by atoms with Crippen molar-refractivity contribution < 1.29 is 4.74 Å². The van der Waals surface area contributed by atoms with Crippen LogP contribution in [-0.2, 0) is 4.74 Å². The van der Waals surface area contributed by atoms with E-state index in [0.717, 1.165) is 31.2 Å². The maximum Gasteiger partial charge on any atom is 0.128 e. The molecule has 1 aliphatic rings. The lowest BCUT2D eigenvalue weighted by atomic mass is 9.87. The van der Waals surface area contributed by atoms with Crippen LogP contribution in [0.4, 0.5) is 5.82 Å². The first-order valence-electron chi connectivity index (χ1n) is 5.81. The summed E-state index contributed by atoms with van der Waals surface area (Å²) in [5.74, 6) is 0.435. The maximum atomic E-state index is 6.31. The zero-order valence-corrected chi connectivity index (χ0v) is 10.7. The van der Waals surface area contributed by atoms with Crippen molar-refractivity contribution >= 4 is 17.4 Å². The van der Waals surface area contributed by atoms with Crippen molar-refractivity contribution in [2.45, 2.75) is 37.3 Å². The fraction of sp³-hybridized carbons (Fsp3) is 0.583. The average molecular weight is 256 g/mol. The fourth-order valence-corrected chi connectivity index (χ4v) is 2.78. The molecule has 1 aromatic heterocycles. The molecule has 1 unspecified atom stereocenters. The molecule has 1 fully saturated rings. The van der Waals surface area contributed by atoms with E-state index in [1.807, 2.05) is 0 Å². The highest BCUT2D eigenvalue weighted by Gasteiger charge is 2.41. The summed E-state index contributed by atoms with van der Waals surface area (Å²) >= 11 is 5.94. The first-order valence-corrected chi connectivity index (χ1v) is 6.18.